The smallest absolute Gasteiger partial charge is 0.0700 e. The predicted molar refractivity (Wildman–Crippen MR) is 55.9 cm³/mol. The molecule has 0 saturated carbocycles. The molecule has 1 rings (SSSR count). The summed E-state index contributed by atoms with van der Waals surface area (Å²) in [5.41, 5.74) is 0. The fraction of sp³-hybridized carbons (Fsp3) is 1.00. The van der Waals surface area contributed by atoms with Crippen molar-refractivity contribution >= 4 is 0 Å². The minimum atomic E-state index is 0.479. The number of hydrogen-bond donors (Lipinski definition) is 1. The van der Waals surface area contributed by atoms with Gasteiger partial charge in [-0.25, -0.2) is 0 Å². The van der Waals surface area contributed by atoms with Gasteiger partial charge in [-0.2, -0.15) is 0 Å². The molecule has 1 heterocycles. The maximum Gasteiger partial charge on any atom is 0.0700 e. The van der Waals surface area contributed by atoms with Crippen molar-refractivity contribution < 1.29 is 4.74 Å². The Balaban J connectivity index is 2.15. The molecular weight excluding hydrogens is 162 g/mol. The Morgan fingerprint density at radius 1 is 1.46 bits per heavy atom. The van der Waals surface area contributed by atoms with Crippen molar-refractivity contribution in [2.45, 2.75) is 52.2 Å². The molecule has 0 radical (unpaired) electrons. The van der Waals surface area contributed by atoms with Crippen LogP contribution in [0.2, 0.25) is 0 Å². The molecule has 0 aromatic carbocycles. The largest absolute Gasteiger partial charge is 0.377 e. The minimum Gasteiger partial charge on any atom is -0.377 e. The number of hydrogen-bond acceptors (Lipinski definition) is 2. The van der Waals surface area contributed by atoms with Crippen LogP contribution < -0.4 is 5.32 Å². The molecule has 78 valence electrons. The van der Waals surface area contributed by atoms with E-state index in [4.69, 9.17) is 4.74 Å². The van der Waals surface area contributed by atoms with Gasteiger partial charge in [-0.05, 0) is 25.2 Å². The van der Waals surface area contributed by atoms with Gasteiger partial charge in [-0.15, -0.1) is 0 Å². The van der Waals surface area contributed by atoms with Crippen LogP contribution in [0.1, 0.15) is 40.0 Å². The maximum absolute atomic E-state index is 5.57. The lowest BCUT2D eigenvalue weighted by molar-refractivity contribution is 0.105. The summed E-state index contributed by atoms with van der Waals surface area (Å²) in [5, 5.41) is 3.59. The minimum absolute atomic E-state index is 0.479. The molecule has 1 aliphatic heterocycles. The zero-order chi connectivity index (χ0) is 9.68. The van der Waals surface area contributed by atoms with Crippen molar-refractivity contribution in [1.29, 1.82) is 0 Å². The van der Waals surface area contributed by atoms with Gasteiger partial charge in [0.05, 0.1) is 6.10 Å². The highest BCUT2D eigenvalue weighted by Crippen LogP contribution is 2.12. The van der Waals surface area contributed by atoms with Crippen LogP contribution in [0.3, 0.4) is 0 Å². The molecule has 13 heavy (non-hydrogen) atoms. The highest BCUT2D eigenvalue weighted by molar-refractivity contribution is 4.73. The van der Waals surface area contributed by atoms with E-state index in [1.165, 1.54) is 19.3 Å². The Hall–Kier alpha value is -0.0800. The van der Waals surface area contributed by atoms with E-state index in [9.17, 15) is 0 Å². The first-order valence-corrected chi connectivity index (χ1v) is 5.59. The van der Waals surface area contributed by atoms with Crippen molar-refractivity contribution in [2.24, 2.45) is 5.92 Å². The fourth-order valence-electron chi connectivity index (χ4n) is 1.94. The molecule has 0 spiro atoms. The first-order valence-electron chi connectivity index (χ1n) is 5.59. The van der Waals surface area contributed by atoms with E-state index in [1.807, 2.05) is 0 Å². The van der Waals surface area contributed by atoms with Crippen LogP contribution in [0.5, 0.6) is 0 Å². The van der Waals surface area contributed by atoms with E-state index in [0.717, 1.165) is 19.1 Å². The highest BCUT2D eigenvalue weighted by Gasteiger charge is 2.17. The summed E-state index contributed by atoms with van der Waals surface area (Å²) < 4.78 is 5.57. The summed E-state index contributed by atoms with van der Waals surface area (Å²) in [5.74, 6) is 0.728. The zero-order valence-electron chi connectivity index (χ0n) is 9.18. The maximum atomic E-state index is 5.57. The van der Waals surface area contributed by atoms with Crippen molar-refractivity contribution in [3.63, 3.8) is 0 Å². The molecule has 2 atom stereocenters. The Labute approximate surface area is 82.0 Å². The van der Waals surface area contributed by atoms with E-state index in [-0.39, 0.29) is 0 Å². The van der Waals surface area contributed by atoms with E-state index in [0.29, 0.717) is 12.1 Å². The van der Waals surface area contributed by atoms with Crippen molar-refractivity contribution in [1.82, 2.24) is 5.32 Å². The lowest BCUT2D eigenvalue weighted by Crippen LogP contribution is -2.38. The molecule has 0 amide bonds. The third-order valence-corrected chi connectivity index (χ3v) is 2.88. The second-order valence-electron chi connectivity index (χ2n) is 4.30. The van der Waals surface area contributed by atoms with Gasteiger partial charge in [-0.3, -0.25) is 0 Å². The highest BCUT2D eigenvalue weighted by atomic mass is 16.5. The summed E-state index contributed by atoms with van der Waals surface area (Å²) in [4.78, 5) is 0. The van der Waals surface area contributed by atoms with Gasteiger partial charge >= 0.3 is 0 Å². The van der Waals surface area contributed by atoms with Gasteiger partial charge in [0.1, 0.15) is 0 Å². The molecule has 1 saturated heterocycles. The molecular formula is C11H23NO. The Kier molecular flexibility index (Phi) is 4.74. The number of rotatable bonds is 5. The topological polar surface area (TPSA) is 21.3 Å². The van der Waals surface area contributed by atoms with Gasteiger partial charge in [-0.1, -0.05) is 20.8 Å². The van der Waals surface area contributed by atoms with Crippen LogP contribution in [0.15, 0.2) is 0 Å². The van der Waals surface area contributed by atoms with Crippen molar-refractivity contribution in [3.8, 4) is 0 Å². The second-order valence-corrected chi connectivity index (χ2v) is 4.30. The lowest BCUT2D eigenvalue weighted by Gasteiger charge is -2.22. The van der Waals surface area contributed by atoms with Crippen LogP contribution >= 0.6 is 0 Å². The number of ether oxygens (including phenoxy) is 1. The van der Waals surface area contributed by atoms with E-state index >= 15 is 0 Å². The van der Waals surface area contributed by atoms with Gasteiger partial charge in [0.2, 0.25) is 0 Å². The molecule has 0 aromatic rings. The Bertz CT molecular complexity index is 130. The molecule has 0 aliphatic carbocycles. The molecule has 1 fully saturated rings. The fourth-order valence-corrected chi connectivity index (χ4v) is 1.94. The molecule has 1 aliphatic rings. The predicted octanol–water partition coefficient (Wildman–Crippen LogP) is 2.19. The normalized spacial score (nSPS) is 25.4. The molecule has 2 heteroatoms. The van der Waals surface area contributed by atoms with Gasteiger partial charge in [0, 0.05) is 19.2 Å². The monoisotopic (exact) mass is 185 g/mol. The SMILES string of the molecule is CC[C@@H](NC[C@@H]1CCCO1)C(C)C. The quantitative estimate of drug-likeness (QED) is 0.709. The summed E-state index contributed by atoms with van der Waals surface area (Å²) in [6.07, 6.45) is 4.17. The molecule has 0 bridgehead atoms. The molecule has 2 nitrogen and oxygen atoms in total. The zero-order valence-corrected chi connectivity index (χ0v) is 9.18. The van der Waals surface area contributed by atoms with Crippen LogP contribution in [0, 0.1) is 5.92 Å². The van der Waals surface area contributed by atoms with Crippen LogP contribution in [-0.2, 0) is 4.74 Å². The molecule has 0 aromatic heterocycles. The standard InChI is InChI=1S/C11H23NO/c1-4-11(9(2)3)12-8-10-6-5-7-13-10/h9-12H,4-8H2,1-3H3/t10-,11+/m0/s1. The average molecular weight is 185 g/mol. The van der Waals surface area contributed by atoms with E-state index in [2.05, 4.69) is 26.1 Å². The van der Waals surface area contributed by atoms with Gasteiger partial charge < -0.3 is 10.1 Å². The Morgan fingerprint density at radius 2 is 2.23 bits per heavy atom. The van der Waals surface area contributed by atoms with Gasteiger partial charge in [0.25, 0.3) is 0 Å². The first-order chi connectivity index (χ1) is 6.24. The number of nitrogens with one attached hydrogen (secondary N) is 1. The Morgan fingerprint density at radius 3 is 2.69 bits per heavy atom. The third-order valence-electron chi connectivity index (χ3n) is 2.88. The summed E-state index contributed by atoms with van der Waals surface area (Å²) in [6.45, 7) is 8.79. The molecule has 1 N–H and O–H groups in total. The summed E-state index contributed by atoms with van der Waals surface area (Å²) in [7, 11) is 0. The van der Waals surface area contributed by atoms with Crippen molar-refractivity contribution in [3.05, 3.63) is 0 Å². The lowest BCUT2D eigenvalue weighted by atomic mass is 10.0. The average Bonchev–Trinajstić information content (AvgIpc) is 2.57. The van der Waals surface area contributed by atoms with E-state index < -0.39 is 0 Å². The summed E-state index contributed by atoms with van der Waals surface area (Å²) in [6, 6.07) is 0.657. The third kappa shape index (κ3) is 3.65. The molecule has 0 unspecified atom stereocenters. The van der Waals surface area contributed by atoms with Gasteiger partial charge in [0.15, 0.2) is 0 Å². The van der Waals surface area contributed by atoms with Crippen molar-refractivity contribution in [2.75, 3.05) is 13.2 Å². The van der Waals surface area contributed by atoms with Crippen LogP contribution in [0.4, 0.5) is 0 Å². The van der Waals surface area contributed by atoms with Crippen LogP contribution in [0.25, 0.3) is 0 Å². The van der Waals surface area contributed by atoms with E-state index in [1.54, 1.807) is 0 Å². The first kappa shape index (κ1) is 11.0. The second kappa shape index (κ2) is 5.61. The summed E-state index contributed by atoms with van der Waals surface area (Å²) >= 11 is 0. The van der Waals surface area contributed by atoms with Crippen LogP contribution in [-0.4, -0.2) is 25.3 Å².